The van der Waals surface area contributed by atoms with Crippen LogP contribution >= 0.6 is 0 Å². The van der Waals surface area contributed by atoms with Crippen molar-refractivity contribution in [3.05, 3.63) is 181 Å². The van der Waals surface area contributed by atoms with E-state index in [0.717, 1.165) is 34.2 Å². The van der Waals surface area contributed by atoms with Gasteiger partial charge in [0.2, 0.25) is 0 Å². The van der Waals surface area contributed by atoms with Crippen LogP contribution in [0.2, 0.25) is 0 Å². The summed E-state index contributed by atoms with van der Waals surface area (Å²) < 4.78 is 2.45. The van der Waals surface area contributed by atoms with Crippen molar-refractivity contribution in [2.45, 2.75) is 6.42 Å². The molecule has 2 aromatic heterocycles. The molecule has 10 rings (SSSR count). The van der Waals surface area contributed by atoms with Gasteiger partial charge < -0.3 is 4.57 Å². The van der Waals surface area contributed by atoms with Gasteiger partial charge in [0.1, 0.15) is 0 Å². The van der Waals surface area contributed by atoms with E-state index in [0.29, 0.717) is 17.5 Å². The van der Waals surface area contributed by atoms with E-state index in [1.165, 1.54) is 49.7 Å². The Morgan fingerprint density at radius 3 is 1.72 bits per heavy atom. The monoisotopic (exact) mass is 638 g/mol. The molecule has 0 spiro atoms. The number of para-hydroxylation sites is 1. The predicted octanol–water partition coefficient (Wildman–Crippen LogP) is 11.2. The Morgan fingerprint density at radius 1 is 0.380 bits per heavy atom. The first-order chi connectivity index (χ1) is 24.8. The third-order valence-corrected chi connectivity index (χ3v) is 9.89. The van der Waals surface area contributed by atoms with E-state index in [-0.39, 0.29) is 0 Å². The van der Waals surface area contributed by atoms with Crippen LogP contribution < -0.4 is 0 Å². The maximum atomic E-state index is 4.98. The van der Waals surface area contributed by atoms with E-state index in [4.69, 9.17) is 15.0 Å². The Labute approximate surface area is 290 Å². The minimum atomic E-state index is 0.649. The molecule has 0 saturated carbocycles. The molecular formula is C46H30N4. The van der Waals surface area contributed by atoms with Crippen LogP contribution in [-0.2, 0) is 6.42 Å². The summed E-state index contributed by atoms with van der Waals surface area (Å²) in [6.07, 6.45) is 0.940. The fourth-order valence-electron chi connectivity index (χ4n) is 7.54. The molecule has 0 bridgehead atoms. The number of nitrogens with zero attached hydrogens (tertiary/aromatic N) is 4. The molecule has 0 amide bonds. The van der Waals surface area contributed by atoms with Gasteiger partial charge in [-0.15, -0.1) is 0 Å². The molecule has 7 aromatic carbocycles. The average Bonchev–Trinajstić information content (AvgIpc) is 3.74. The van der Waals surface area contributed by atoms with Gasteiger partial charge in [-0.25, -0.2) is 15.0 Å². The maximum absolute atomic E-state index is 4.98. The van der Waals surface area contributed by atoms with Gasteiger partial charge in [0.05, 0.1) is 16.7 Å². The molecule has 0 N–H and O–H groups in total. The van der Waals surface area contributed by atoms with E-state index in [9.17, 15) is 0 Å². The molecule has 0 unspecified atom stereocenters. The Hall–Kier alpha value is -6.65. The van der Waals surface area contributed by atoms with Gasteiger partial charge in [0, 0.05) is 33.9 Å². The van der Waals surface area contributed by atoms with Crippen LogP contribution in [0.3, 0.4) is 0 Å². The van der Waals surface area contributed by atoms with Gasteiger partial charge in [-0.1, -0.05) is 140 Å². The fourth-order valence-corrected chi connectivity index (χ4v) is 7.54. The molecular weight excluding hydrogens is 609 g/mol. The van der Waals surface area contributed by atoms with Gasteiger partial charge in [-0.3, -0.25) is 0 Å². The zero-order chi connectivity index (χ0) is 33.0. The summed E-state index contributed by atoms with van der Waals surface area (Å²) in [6.45, 7) is 0. The SMILES string of the molecule is c1ccc(-c2nc(-c3ccccc3)nc(-c3cccc(-c4ccc5c(c4)c4ccccc4n5-c4cccc5c4Cc4ccccc4-5)c3)n2)cc1. The molecule has 0 saturated heterocycles. The number of hydrogen-bond acceptors (Lipinski definition) is 3. The number of fused-ring (bicyclic) bond motifs is 6. The summed E-state index contributed by atoms with van der Waals surface area (Å²) in [7, 11) is 0. The lowest BCUT2D eigenvalue weighted by atomic mass is 10.0. The zero-order valence-electron chi connectivity index (χ0n) is 27.2. The summed E-state index contributed by atoms with van der Waals surface area (Å²) >= 11 is 0. The molecule has 1 aliphatic carbocycles. The standard InChI is InChI=1S/C46H30N4/c1-3-13-30(14-4-1)44-47-45(31-15-5-2-6-16-31)49-46(48-44)35-19-11-18-32(27-35)33-25-26-43-40(28-33)38-21-9-10-23-41(38)50(43)42-24-12-22-37-36-20-8-7-17-34(36)29-39(37)42/h1-28H,29H2. The zero-order valence-corrected chi connectivity index (χ0v) is 27.2. The van der Waals surface area contributed by atoms with Crippen molar-refractivity contribution in [1.82, 2.24) is 19.5 Å². The molecule has 234 valence electrons. The lowest BCUT2D eigenvalue weighted by Gasteiger charge is -2.13. The van der Waals surface area contributed by atoms with E-state index < -0.39 is 0 Å². The van der Waals surface area contributed by atoms with Crippen molar-refractivity contribution in [3.63, 3.8) is 0 Å². The van der Waals surface area contributed by atoms with E-state index in [1.807, 2.05) is 60.7 Å². The second-order valence-electron chi connectivity index (χ2n) is 12.8. The molecule has 9 aromatic rings. The second-order valence-corrected chi connectivity index (χ2v) is 12.8. The van der Waals surface area contributed by atoms with Gasteiger partial charge in [0.15, 0.2) is 17.5 Å². The smallest absolute Gasteiger partial charge is 0.164 e. The van der Waals surface area contributed by atoms with Gasteiger partial charge in [-0.05, 0) is 63.7 Å². The summed E-state index contributed by atoms with van der Waals surface area (Å²) in [5.41, 5.74) is 14.2. The highest BCUT2D eigenvalue weighted by Gasteiger charge is 2.23. The van der Waals surface area contributed by atoms with Crippen LogP contribution in [0.5, 0.6) is 0 Å². The lowest BCUT2D eigenvalue weighted by molar-refractivity contribution is 1.07. The normalized spacial score (nSPS) is 11.9. The van der Waals surface area contributed by atoms with Crippen molar-refractivity contribution in [1.29, 1.82) is 0 Å². The Bertz CT molecular complexity index is 2670. The van der Waals surface area contributed by atoms with Crippen LogP contribution in [-0.4, -0.2) is 19.5 Å². The molecule has 0 atom stereocenters. The predicted molar refractivity (Wildman–Crippen MR) is 204 cm³/mol. The first-order valence-electron chi connectivity index (χ1n) is 17.0. The van der Waals surface area contributed by atoms with Crippen LogP contribution in [0.25, 0.3) is 83.9 Å². The molecule has 0 aliphatic heterocycles. The van der Waals surface area contributed by atoms with Crippen molar-refractivity contribution in [3.8, 4) is 62.1 Å². The summed E-state index contributed by atoms with van der Waals surface area (Å²) in [4.78, 5) is 14.8. The Kier molecular flexibility index (Phi) is 6.53. The first kappa shape index (κ1) is 28.4. The summed E-state index contributed by atoms with van der Waals surface area (Å²) in [5.74, 6) is 1.96. The van der Waals surface area contributed by atoms with Crippen molar-refractivity contribution >= 4 is 21.8 Å². The summed E-state index contributed by atoms with van der Waals surface area (Å²) in [5, 5.41) is 2.47. The Balaban J connectivity index is 1.10. The van der Waals surface area contributed by atoms with Crippen molar-refractivity contribution in [2.24, 2.45) is 0 Å². The van der Waals surface area contributed by atoms with E-state index in [1.54, 1.807) is 0 Å². The second kappa shape index (κ2) is 11.5. The van der Waals surface area contributed by atoms with E-state index in [2.05, 4.69) is 114 Å². The molecule has 1 aliphatic rings. The lowest BCUT2D eigenvalue weighted by Crippen LogP contribution is -2.00. The highest BCUT2D eigenvalue weighted by Crippen LogP contribution is 2.42. The molecule has 4 nitrogen and oxygen atoms in total. The minimum absolute atomic E-state index is 0.649. The van der Waals surface area contributed by atoms with Crippen LogP contribution in [0.15, 0.2) is 170 Å². The maximum Gasteiger partial charge on any atom is 0.164 e. The molecule has 2 heterocycles. The minimum Gasteiger partial charge on any atom is -0.309 e. The largest absolute Gasteiger partial charge is 0.309 e. The highest BCUT2D eigenvalue weighted by molar-refractivity contribution is 6.10. The molecule has 50 heavy (non-hydrogen) atoms. The van der Waals surface area contributed by atoms with Gasteiger partial charge in [0.25, 0.3) is 0 Å². The van der Waals surface area contributed by atoms with Gasteiger partial charge in [-0.2, -0.15) is 0 Å². The van der Waals surface area contributed by atoms with Gasteiger partial charge >= 0.3 is 0 Å². The number of aromatic nitrogens is 4. The highest BCUT2D eigenvalue weighted by atomic mass is 15.0. The van der Waals surface area contributed by atoms with Crippen LogP contribution in [0, 0.1) is 0 Å². The third-order valence-electron chi connectivity index (χ3n) is 9.89. The van der Waals surface area contributed by atoms with Crippen LogP contribution in [0.1, 0.15) is 11.1 Å². The Morgan fingerprint density at radius 2 is 0.940 bits per heavy atom. The average molecular weight is 639 g/mol. The molecule has 0 radical (unpaired) electrons. The number of benzene rings is 7. The number of rotatable bonds is 5. The molecule has 0 fully saturated rings. The molecule has 4 heteroatoms. The third kappa shape index (κ3) is 4.65. The van der Waals surface area contributed by atoms with Crippen molar-refractivity contribution < 1.29 is 0 Å². The van der Waals surface area contributed by atoms with Crippen LogP contribution in [0.4, 0.5) is 0 Å². The van der Waals surface area contributed by atoms with E-state index >= 15 is 0 Å². The number of hydrogen-bond donors (Lipinski definition) is 0. The summed E-state index contributed by atoms with van der Waals surface area (Å²) in [6, 6.07) is 59.9. The topological polar surface area (TPSA) is 43.6 Å². The fraction of sp³-hybridized carbons (Fsp3) is 0.0217. The van der Waals surface area contributed by atoms with Crippen molar-refractivity contribution in [2.75, 3.05) is 0 Å². The first-order valence-corrected chi connectivity index (χ1v) is 17.0. The quantitative estimate of drug-likeness (QED) is 0.188.